The van der Waals surface area contributed by atoms with Crippen molar-refractivity contribution in [1.29, 1.82) is 0 Å². The number of hydrogen-bond donors (Lipinski definition) is 1. The fraction of sp³-hybridized carbons (Fsp3) is 0.182. The van der Waals surface area contributed by atoms with Crippen molar-refractivity contribution in [3.8, 4) is 0 Å². The first-order valence-corrected chi connectivity index (χ1v) is 6.60. The number of aromatic nitrogens is 1. The first kappa shape index (κ1) is 11.0. The SMILES string of the molecule is NC(Cc1ccc(I)cc1)c1cncs1. The van der Waals surface area contributed by atoms with E-state index < -0.39 is 0 Å². The number of nitrogens with two attached hydrogens (primary N) is 1. The van der Waals surface area contributed by atoms with Gasteiger partial charge in [0.15, 0.2) is 0 Å². The highest BCUT2D eigenvalue weighted by Crippen LogP contribution is 2.19. The zero-order chi connectivity index (χ0) is 10.7. The second kappa shape index (κ2) is 5.05. The van der Waals surface area contributed by atoms with Crippen LogP contribution in [0, 0.1) is 3.57 Å². The predicted molar refractivity (Wildman–Crippen MR) is 71.9 cm³/mol. The summed E-state index contributed by atoms with van der Waals surface area (Å²) in [6, 6.07) is 8.54. The highest BCUT2D eigenvalue weighted by atomic mass is 127. The molecule has 0 fully saturated rings. The second-order valence-electron chi connectivity index (χ2n) is 3.34. The Morgan fingerprint density at radius 3 is 2.67 bits per heavy atom. The quantitative estimate of drug-likeness (QED) is 0.879. The Morgan fingerprint density at radius 2 is 2.07 bits per heavy atom. The van der Waals surface area contributed by atoms with Crippen LogP contribution in [0.25, 0.3) is 0 Å². The standard InChI is InChI=1S/C11H11IN2S/c12-9-3-1-8(2-4-9)5-10(13)11-6-14-7-15-11/h1-4,6-7,10H,5,13H2. The maximum absolute atomic E-state index is 6.08. The van der Waals surface area contributed by atoms with Gasteiger partial charge in [-0.3, -0.25) is 4.98 Å². The molecule has 2 rings (SSSR count). The number of hydrogen-bond acceptors (Lipinski definition) is 3. The van der Waals surface area contributed by atoms with Crippen molar-refractivity contribution in [2.45, 2.75) is 12.5 Å². The van der Waals surface area contributed by atoms with Crippen LogP contribution in [0.1, 0.15) is 16.5 Å². The molecule has 1 unspecified atom stereocenters. The van der Waals surface area contributed by atoms with Gasteiger partial charge < -0.3 is 5.73 Å². The minimum absolute atomic E-state index is 0.0672. The lowest BCUT2D eigenvalue weighted by atomic mass is 10.1. The van der Waals surface area contributed by atoms with Crippen LogP contribution in [0.5, 0.6) is 0 Å². The van der Waals surface area contributed by atoms with E-state index in [0.29, 0.717) is 0 Å². The molecule has 0 amide bonds. The summed E-state index contributed by atoms with van der Waals surface area (Å²) in [6.07, 6.45) is 2.72. The van der Waals surface area contributed by atoms with Gasteiger partial charge in [0.2, 0.25) is 0 Å². The number of thiazole rings is 1. The molecule has 0 saturated heterocycles. The fourth-order valence-electron chi connectivity index (χ4n) is 1.38. The molecule has 15 heavy (non-hydrogen) atoms. The van der Waals surface area contributed by atoms with Gasteiger partial charge in [-0.25, -0.2) is 0 Å². The molecule has 0 saturated carbocycles. The largest absolute Gasteiger partial charge is 0.323 e. The molecule has 2 nitrogen and oxygen atoms in total. The molecule has 0 aliphatic heterocycles. The molecule has 0 bridgehead atoms. The highest BCUT2D eigenvalue weighted by molar-refractivity contribution is 14.1. The van der Waals surface area contributed by atoms with Gasteiger partial charge in [-0.2, -0.15) is 0 Å². The van der Waals surface area contributed by atoms with Crippen LogP contribution in [0.4, 0.5) is 0 Å². The van der Waals surface area contributed by atoms with Gasteiger partial charge in [0.05, 0.1) is 5.51 Å². The Balaban J connectivity index is 2.06. The first-order valence-electron chi connectivity index (χ1n) is 4.64. The summed E-state index contributed by atoms with van der Waals surface area (Å²) in [7, 11) is 0. The van der Waals surface area contributed by atoms with E-state index in [9.17, 15) is 0 Å². The molecule has 1 aromatic carbocycles. The molecule has 78 valence electrons. The van der Waals surface area contributed by atoms with Crippen LogP contribution in [-0.2, 0) is 6.42 Å². The smallest absolute Gasteiger partial charge is 0.0794 e. The van der Waals surface area contributed by atoms with Gasteiger partial charge in [0.1, 0.15) is 0 Å². The van der Waals surface area contributed by atoms with E-state index in [2.05, 4.69) is 51.8 Å². The van der Waals surface area contributed by atoms with E-state index in [1.54, 1.807) is 11.3 Å². The molecule has 1 aromatic heterocycles. The monoisotopic (exact) mass is 330 g/mol. The zero-order valence-corrected chi connectivity index (χ0v) is 11.0. The lowest BCUT2D eigenvalue weighted by molar-refractivity contribution is 0.734. The van der Waals surface area contributed by atoms with Crippen LogP contribution < -0.4 is 5.73 Å². The molecule has 2 N–H and O–H groups in total. The maximum atomic E-state index is 6.08. The maximum Gasteiger partial charge on any atom is 0.0794 e. The number of benzene rings is 1. The van der Waals surface area contributed by atoms with Crippen LogP contribution >= 0.6 is 33.9 Å². The minimum atomic E-state index is 0.0672. The van der Waals surface area contributed by atoms with E-state index in [1.165, 1.54) is 9.13 Å². The van der Waals surface area contributed by atoms with Crippen molar-refractivity contribution in [3.63, 3.8) is 0 Å². The van der Waals surface area contributed by atoms with Gasteiger partial charge in [0, 0.05) is 20.7 Å². The van der Waals surface area contributed by atoms with Crippen molar-refractivity contribution in [1.82, 2.24) is 4.98 Å². The Bertz CT molecular complexity index is 411. The van der Waals surface area contributed by atoms with Gasteiger partial charge in [-0.1, -0.05) is 12.1 Å². The Morgan fingerprint density at radius 1 is 1.33 bits per heavy atom. The Hall–Kier alpha value is -0.460. The van der Waals surface area contributed by atoms with Gasteiger partial charge >= 0.3 is 0 Å². The van der Waals surface area contributed by atoms with Crippen LogP contribution in [-0.4, -0.2) is 4.98 Å². The third kappa shape index (κ3) is 2.99. The summed E-state index contributed by atoms with van der Waals surface area (Å²) in [4.78, 5) is 5.18. The summed E-state index contributed by atoms with van der Waals surface area (Å²) < 4.78 is 1.25. The summed E-state index contributed by atoms with van der Waals surface area (Å²) in [5, 5.41) is 0. The predicted octanol–water partition coefficient (Wildman–Crippen LogP) is 2.99. The van der Waals surface area contributed by atoms with Gasteiger partial charge in [-0.05, 0) is 46.7 Å². The molecule has 1 heterocycles. The van der Waals surface area contributed by atoms with Gasteiger partial charge in [-0.15, -0.1) is 11.3 Å². The molecule has 4 heteroatoms. The van der Waals surface area contributed by atoms with Gasteiger partial charge in [0.25, 0.3) is 0 Å². The van der Waals surface area contributed by atoms with Crippen molar-refractivity contribution < 1.29 is 0 Å². The molecule has 1 atom stereocenters. The van der Waals surface area contributed by atoms with E-state index >= 15 is 0 Å². The fourth-order valence-corrected chi connectivity index (χ4v) is 2.37. The van der Waals surface area contributed by atoms with Crippen molar-refractivity contribution in [3.05, 3.63) is 50.0 Å². The Labute approximate surface area is 107 Å². The second-order valence-corrected chi connectivity index (χ2v) is 5.50. The molecular formula is C11H11IN2S. The van der Waals surface area contributed by atoms with E-state index in [0.717, 1.165) is 11.3 Å². The molecule has 0 aliphatic carbocycles. The normalized spacial score (nSPS) is 12.7. The van der Waals surface area contributed by atoms with Crippen molar-refractivity contribution in [2.75, 3.05) is 0 Å². The van der Waals surface area contributed by atoms with Crippen LogP contribution in [0.15, 0.2) is 36.0 Å². The third-order valence-corrected chi connectivity index (χ3v) is 3.81. The molecule has 0 radical (unpaired) electrons. The average Bonchev–Trinajstić information content (AvgIpc) is 2.74. The third-order valence-electron chi connectivity index (χ3n) is 2.19. The molecule has 0 aliphatic rings. The first-order chi connectivity index (χ1) is 7.25. The van der Waals surface area contributed by atoms with E-state index in [4.69, 9.17) is 5.73 Å². The lowest BCUT2D eigenvalue weighted by Crippen LogP contribution is -2.11. The number of rotatable bonds is 3. The number of halogens is 1. The topological polar surface area (TPSA) is 38.9 Å². The lowest BCUT2D eigenvalue weighted by Gasteiger charge is -2.08. The van der Waals surface area contributed by atoms with Crippen LogP contribution in [0.2, 0.25) is 0 Å². The average molecular weight is 330 g/mol. The summed E-state index contributed by atoms with van der Waals surface area (Å²) >= 11 is 3.92. The summed E-state index contributed by atoms with van der Waals surface area (Å²) in [5.74, 6) is 0. The molecule has 0 spiro atoms. The zero-order valence-electron chi connectivity index (χ0n) is 8.06. The van der Waals surface area contributed by atoms with Crippen molar-refractivity contribution in [2.24, 2.45) is 5.73 Å². The van der Waals surface area contributed by atoms with E-state index in [-0.39, 0.29) is 6.04 Å². The van der Waals surface area contributed by atoms with Crippen LogP contribution in [0.3, 0.4) is 0 Å². The summed E-state index contributed by atoms with van der Waals surface area (Å²) in [6.45, 7) is 0. The van der Waals surface area contributed by atoms with E-state index in [1.807, 2.05) is 11.7 Å². The Kier molecular flexibility index (Phi) is 3.71. The molecule has 2 aromatic rings. The minimum Gasteiger partial charge on any atom is -0.323 e. The number of nitrogens with zero attached hydrogens (tertiary/aromatic N) is 1. The van der Waals surface area contributed by atoms with Crippen molar-refractivity contribution >= 4 is 33.9 Å². The molecular weight excluding hydrogens is 319 g/mol. The highest BCUT2D eigenvalue weighted by Gasteiger charge is 2.08. The summed E-state index contributed by atoms with van der Waals surface area (Å²) in [5.41, 5.74) is 9.17.